The number of likely N-dealkylation sites (tertiary alicyclic amines) is 1. The number of alkyl halides is 3. The largest absolute Gasteiger partial charge is 0.506 e. The molecule has 4 heterocycles. The van der Waals surface area contributed by atoms with E-state index < -0.39 is 17.2 Å². The van der Waals surface area contributed by atoms with E-state index in [-0.39, 0.29) is 22.4 Å². The van der Waals surface area contributed by atoms with Gasteiger partial charge in [0.15, 0.2) is 5.01 Å². The first-order chi connectivity index (χ1) is 23.2. The van der Waals surface area contributed by atoms with Crippen molar-refractivity contribution in [2.45, 2.75) is 45.2 Å². The van der Waals surface area contributed by atoms with Gasteiger partial charge in [0.2, 0.25) is 0 Å². The maximum atomic E-state index is 13.1. The molecular weight excluding hydrogens is 693 g/mol. The van der Waals surface area contributed by atoms with Gasteiger partial charge in [-0.05, 0) is 79.4 Å². The first-order valence-electron chi connectivity index (χ1n) is 15.8. The number of carbonyl (C=O) groups is 1. The highest BCUT2D eigenvalue weighted by molar-refractivity contribution is 7.21. The van der Waals surface area contributed by atoms with Crippen molar-refractivity contribution in [2.75, 3.05) is 41.7 Å². The molecule has 1 spiro atoms. The Morgan fingerprint density at radius 2 is 1.80 bits per heavy atom. The summed E-state index contributed by atoms with van der Waals surface area (Å²) in [6.07, 6.45) is -2.91. The van der Waals surface area contributed by atoms with Gasteiger partial charge in [0.25, 0.3) is 0 Å². The van der Waals surface area contributed by atoms with Crippen LogP contribution in [0.1, 0.15) is 44.2 Å². The zero-order valence-electron chi connectivity index (χ0n) is 27.0. The van der Waals surface area contributed by atoms with Crippen molar-refractivity contribution >= 4 is 73.4 Å². The molecule has 3 N–H and O–H groups in total. The summed E-state index contributed by atoms with van der Waals surface area (Å²) in [6, 6.07) is 15.8. The number of aromatic nitrogens is 2. The molecule has 0 saturated carbocycles. The Hall–Kier alpha value is -3.91. The number of hydrogen-bond donors (Lipinski definition) is 3. The van der Waals surface area contributed by atoms with E-state index in [9.17, 15) is 23.1 Å². The van der Waals surface area contributed by atoms with Crippen LogP contribution in [0, 0.1) is 5.41 Å². The number of benzene rings is 3. The normalized spacial score (nSPS) is 16.3. The van der Waals surface area contributed by atoms with Crippen LogP contribution in [0.4, 0.5) is 40.8 Å². The third-order valence-electron chi connectivity index (χ3n) is 8.94. The van der Waals surface area contributed by atoms with Crippen LogP contribution in [0.2, 0.25) is 5.02 Å². The number of aromatic hydroxyl groups is 1. The number of nitrogens with one attached hydrogen (secondary N) is 2. The highest BCUT2D eigenvalue weighted by Crippen LogP contribution is 2.57. The number of phenols is 1. The number of halogens is 4. The Morgan fingerprint density at radius 1 is 1.04 bits per heavy atom. The van der Waals surface area contributed by atoms with Crippen LogP contribution < -0.4 is 15.5 Å². The molecule has 0 radical (unpaired) electrons. The third-order valence-corrected chi connectivity index (χ3v) is 11.1. The molecule has 3 aromatic carbocycles. The molecule has 2 amide bonds. The Labute approximate surface area is 294 Å². The fourth-order valence-corrected chi connectivity index (χ4v) is 8.78. The van der Waals surface area contributed by atoms with Crippen molar-refractivity contribution in [1.29, 1.82) is 0 Å². The molecule has 0 unspecified atom stereocenters. The standard InChI is InChI=1S/C35H34ClF3N6O2S2/c1-33(2,3)18-44-14-12-34(13-15-44)19-45(24-7-5-4-6-22(24)41-32(47)43-27-17-48-31(42-27)35(37,38)39)29-25(46)10-9-21(28(29)34)30-40-23-16-20(36)8-11-26(23)49-30/h4-11,16-17,46H,12-15,18-19H2,1-3H3,(H2,41,43,47). The fourth-order valence-electron chi connectivity index (χ4n) is 7.01. The summed E-state index contributed by atoms with van der Waals surface area (Å²) in [6.45, 7) is 10.00. The minimum absolute atomic E-state index is 0.110. The van der Waals surface area contributed by atoms with E-state index in [1.54, 1.807) is 29.5 Å². The molecule has 0 bridgehead atoms. The summed E-state index contributed by atoms with van der Waals surface area (Å²) < 4.78 is 40.3. The molecule has 1 fully saturated rings. The van der Waals surface area contributed by atoms with Gasteiger partial charge in [-0.15, -0.1) is 22.7 Å². The van der Waals surface area contributed by atoms with Crippen molar-refractivity contribution < 1.29 is 23.1 Å². The fraction of sp³-hybridized carbons (Fsp3) is 0.343. The van der Waals surface area contributed by atoms with Crippen molar-refractivity contribution in [3.63, 3.8) is 0 Å². The summed E-state index contributed by atoms with van der Waals surface area (Å²) in [5, 5.41) is 18.4. The Balaban J connectivity index is 1.28. The summed E-state index contributed by atoms with van der Waals surface area (Å²) in [4.78, 5) is 26.1. The maximum absolute atomic E-state index is 13.1. The van der Waals surface area contributed by atoms with Crippen LogP contribution in [-0.4, -0.2) is 52.2 Å². The first-order valence-corrected chi connectivity index (χ1v) is 17.9. The topological polar surface area (TPSA) is 93.6 Å². The van der Waals surface area contributed by atoms with Gasteiger partial charge >= 0.3 is 12.2 Å². The average Bonchev–Trinajstić information content (AvgIpc) is 3.75. The van der Waals surface area contributed by atoms with Gasteiger partial charge in [0.05, 0.1) is 27.3 Å². The minimum atomic E-state index is -4.60. The predicted molar refractivity (Wildman–Crippen MR) is 192 cm³/mol. The van der Waals surface area contributed by atoms with Crippen LogP contribution in [0.15, 0.2) is 60.0 Å². The number of urea groups is 1. The van der Waals surface area contributed by atoms with E-state index in [2.05, 4.69) is 46.2 Å². The summed E-state index contributed by atoms with van der Waals surface area (Å²) in [7, 11) is 0. The Kier molecular flexibility index (Phi) is 8.53. The molecule has 0 atom stereocenters. The van der Waals surface area contributed by atoms with E-state index in [1.807, 2.05) is 36.4 Å². The molecule has 8 nitrogen and oxygen atoms in total. The molecule has 0 aliphatic carbocycles. The number of para-hydroxylation sites is 2. The Bertz CT molecular complexity index is 2050. The lowest BCUT2D eigenvalue weighted by Crippen LogP contribution is -2.47. The van der Waals surface area contributed by atoms with Crippen LogP contribution in [0.5, 0.6) is 5.75 Å². The van der Waals surface area contributed by atoms with Crippen molar-refractivity contribution in [2.24, 2.45) is 5.41 Å². The van der Waals surface area contributed by atoms with Gasteiger partial charge in [-0.2, -0.15) is 13.2 Å². The van der Waals surface area contributed by atoms with Crippen molar-refractivity contribution in [1.82, 2.24) is 14.9 Å². The highest BCUT2D eigenvalue weighted by atomic mass is 35.5. The molecular formula is C35H34ClF3N6O2S2. The number of piperidine rings is 1. The van der Waals surface area contributed by atoms with Crippen LogP contribution in [0.3, 0.4) is 0 Å². The quantitative estimate of drug-likeness (QED) is 0.167. The summed E-state index contributed by atoms with van der Waals surface area (Å²) >= 11 is 8.29. The molecule has 2 aromatic heterocycles. The number of amides is 2. The van der Waals surface area contributed by atoms with Gasteiger partial charge < -0.3 is 20.2 Å². The number of phenolic OH excluding ortho intramolecular Hbond substituents is 1. The molecule has 2 aliphatic rings. The number of nitrogens with zero attached hydrogens (tertiary/aromatic N) is 4. The van der Waals surface area contributed by atoms with E-state index >= 15 is 0 Å². The Morgan fingerprint density at radius 3 is 2.51 bits per heavy atom. The lowest BCUT2D eigenvalue weighted by molar-refractivity contribution is -0.137. The first kappa shape index (κ1) is 33.6. The zero-order valence-corrected chi connectivity index (χ0v) is 29.4. The number of fused-ring (bicyclic) bond motifs is 3. The number of carbonyl (C=O) groups excluding carboxylic acids is 1. The lowest BCUT2D eigenvalue weighted by Gasteiger charge is -2.42. The third kappa shape index (κ3) is 6.69. The van der Waals surface area contributed by atoms with Crippen LogP contribution in [-0.2, 0) is 11.6 Å². The molecule has 1 saturated heterocycles. The summed E-state index contributed by atoms with van der Waals surface area (Å²) in [5.74, 6) is -0.0856. The number of hydrogen-bond acceptors (Lipinski definition) is 8. The van der Waals surface area contributed by atoms with Gasteiger partial charge in [0.1, 0.15) is 16.6 Å². The van der Waals surface area contributed by atoms with E-state index in [1.165, 1.54) is 0 Å². The second kappa shape index (κ2) is 12.4. The number of anilines is 4. The SMILES string of the molecule is CC(C)(C)CN1CCC2(CC1)CN(c1ccccc1NC(=O)Nc1csc(C(F)(F)F)n1)c1c(O)ccc(-c3nc4cc(Cl)ccc4s3)c12. The zero-order chi connectivity index (χ0) is 34.7. The second-order valence-electron chi connectivity index (χ2n) is 13.8. The van der Waals surface area contributed by atoms with Gasteiger partial charge in [-0.3, -0.25) is 5.32 Å². The molecule has 2 aliphatic heterocycles. The van der Waals surface area contributed by atoms with Crippen LogP contribution >= 0.6 is 34.3 Å². The molecule has 7 rings (SSSR count). The molecule has 49 heavy (non-hydrogen) atoms. The number of rotatable bonds is 5. The molecule has 256 valence electrons. The minimum Gasteiger partial charge on any atom is -0.506 e. The molecule has 14 heteroatoms. The van der Waals surface area contributed by atoms with Crippen molar-refractivity contribution in [3.05, 3.63) is 75.6 Å². The number of thiazole rings is 2. The van der Waals surface area contributed by atoms with Gasteiger partial charge in [0, 0.05) is 34.5 Å². The van der Waals surface area contributed by atoms with E-state index in [0.29, 0.717) is 40.0 Å². The van der Waals surface area contributed by atoms with Crippen molar-refractivity contribution in [3.8, 4) is 16.3 Å². The lowest BCUT2D eigenvalue weighted by atomic mass is 9.72. The maximum Gasteiger partial charge on any atom is 0.443 e. The van der Waals surface area contributed by atoms with E-state index in [0.717, 1.165) is 64.2 Å². The monoisotopic (exact) mass is 726 g/mol. The predicted octanol–water partition coefficient (Wildman–Crippen LogP) is 9.97. The second-order valence-corrected chi connectivity index (χ2v) is 16.1. The van der Waals surface area contributed by atoms with E-state index in [4.69, 9.17) is 16.6 Å². The summed E-state index contributed by atoms with van der Waals surface area (Å²) in [5.41, 5.74) is 4.32. The molecule has 5 aromatic rings. The average molecular weight is 727 g/mol. The van der Waals surface area contributed by atoms with Crippen LogP contribution in [0.25, 0.3) is 20.8 Å². The van der Waals surface area contributed by atoms with Gasteiger partial charge in [-0.1, -0.05) is 44.5 Å². The van der Waals surface area contributed by atoms with Gasteiger partial charge in [-0.25, -0.2) is 14.8 Å². The highest BCUT2D eigenvalue weighted by Gasteiger charge is 2.49. The smallest absolute Gasteiger partial charge is 0.443 e.